The predicted molar refractivity (Wildman–Crippen MR) is 104 cm³/mol. The van der Waals surface area contributed by atoms with Crippen molar-refractivity contribution >= 4 is 16.8 Å². The Morgan fingerprint density at radius 1 is 1.19 bits per heavy atom. The lowest BCUT2D eigenvalue weighted by molar-refractivity contribution is 0.0950. The number of hydrogen-bond donors (Lipinski definition) is 2. The molecule has 0 fully saturated rings. The molecular weight excluding hydrogens is 340 g/mol. The SMILES string of the molecule is COc1ccc2[nH]c(CNC(=O)c3cccc(Cn4cccn4)c3)cc2c1. The van der Waals surface area contributed by atoms with E-state index in [9.17, 15) is 4.79 Å². The van der Waals surface area contributed by atoms with Gasteiger partial charge in [0.15, 0.2) is 0 Å². The van der Waals surface area contributed by atoms with Crippen molar-refractivity contribution in [3.63, 3.8) is 0 Å². The molecule has 0 unspecified atom stereocenters. The summed E-state index contributed by atoms with van der Waals surface area (Å²) < 4.78 is 7.08. The second kappa shape index (κ2) is 7.37. The zero-order valence-corrected chi connectivity index (χ0v) is 15.0. The van der Waals surface area contributed by atoms with Crippen molar-refractivity contribution < 1.29 is 9.53 Å². The van der Waals surface area contributed by atoms with Crippen LogP contribution in [-0.2, 0) is 13.1 Å². The van der Waals surface area contributed by atoms with Gasteiger partial charge >= 0.3 is 0 Å². The summed E-state index contributed by atoms with van der Waals surface area (Å²) in [7, 11) is 1.65. The lowest BCUT2D eigenvalue weighted by atomic mass is 10.1. The van der Waals surface area contributed by atoms with Crippen LogP contribution >= 0.6 is 0 Å². The number of fused-ring (bicyclic) bond motifs is 1. The van der Waals surface area contributed by atoms with Crippen LogP contribution in [0, 0.1) is 0 Å². The Bertz CT molecular complexity index is 1070. The average Bonchev–Trinajstić information content (AvgIpc) is 3.34. The molecule has 2 heterocycles. The number of carbonyl (C=O) groups is 1. The molecule has 2 aromatic carbocycles. The maximum Gasteiger partial charge on any atom is 0.251 e. The van der Waals surface area contributed by atoms with Crippen molar-refractivity contribution in [2.75, 3.05) is 7.11 Å². The van der Waals surface area contributed by atoms with E-state index in [0.29, 0.717) is 18.7 Å². The van der Waals surface area contributed by atoms with E-state index in [4.69, 9.17) is 4.74 Å². The minimum atomic E-state index is -0.103. The van der Waals surface area contributed by atoms with Gasteiger partial charge in [0.2, 0.25) is 0 Å². The van der Waals surface area contributed by atoms with Gasteiger partial charge in [-0.3, -0.25) is 9.48 Å². The predicted octanol–water partition coefficient (Wildman–Crippen LogP) is 3.35. The fraction of sp³-hybridized carbons (Fsp3) is 0.143. The van der Waals surface area contributed by atoms with Crippen LogP contribution in [0.2, 0.25) is 0 Å². The maximum atomic E-state index is 12.5. The molecule has 2 aromatic heterocycles. The number of methoxy groups -OCH3 is 1. The van der Waals surface area contributed by atoms with Crippen LogP contribution in [0.1, 0.15) is 21.6 Å². The van der Waals surface area contributed by atoms with Crippen LogP contribution in [0.15, 0.2) is 67.0 Å². The van der Waals surface area contributed by atoms with Crippen molar-refractivity contribution in [1.29, 1.82) is 0 Å². The number of hydrogen-bond acceptors (Lipinski definition) is 3. The Labute approximate surface area is 156 Å². The van der Waals surface area contributed by atoms with Crippen LogP contribution in [-0.4, -0.2) is 27.8 Å². The normalized spacial score (nSPS) is 10.9. The molecule has 0 saturated carbocycles. The molecule has 0 aliphatic rings. The number of nitrogens with zero attached hydrogens (tertiary/aromatic N) is 2. The van der Waals surface area contributed by atoms with Crippen LogP contribution < -0.4 is 10.1 Å². The molecule has 6 heteroatoms. The van der Waals surface area contributed by atoms with Gasteiger partial charge in [0.05, 0.1) is 20.2 Å². The molecule has 136 valence electrons. The number of ether oxygens (including phenoxy) is 1. The number of nitrogens with one attached hydrogen (secondary N) is 2. The molecule has 0 spiro atoms. The van der Waals surface area contributed by atoms with Crippen molar-refractivity contribution in [3.05, 3.63) is 83.8 Å². The van der Waals surface area contributed by atoms with E-state index in [1.54, 1.807) is 13.3 Å². The number of aromatic nitrogens is 3. The first kappa shape index (κ1) is 16.9. The number of H-pyrrole nitrogens is 1. The Hall–Kier alpha value is -3.54. The summed E-state index contributed by atoms with van der Waals surface area (Å²) >= 11 is 0. The summed E-state index contributed by atoms with van der Waals surface area (Å²) in [6, 6.07) is 17.3. The second-order valence-corrected chi connectivity index (χ2v) is 6.33. The van der Waals surface area contributed by atoms with Crippen LogP contribution in [0.4, 0.5) is 0 Å². The van der Waals surface area contributed by atoms with E-state index in [2.05, 4.69) is 15.4 Å². The fourth-order valence-corrected chi connectivity index (χ4v) is 3.06. The van der Waals surface area contributed by atoms with Gasteiger partial charge in [-0.2, -0.15) is 5.10 Å². The fourth-order valence-electron chi connectivity index (χ4n) is 3.06. The third kappa shape index (κ3) is 3.84. The average molecular weight is 360 g/mol. The smallest absolute Gasteiger partial charge is 0.251 e. The van der Waals surface area contributed by atoms with E-state index in [0.717, 1.165) is 27.9 Å². The van der Waals surface area contributed by atoms with Crippen LogP contribution in [0.5, 0.6) is 5.75 Å². The van der Waals surface area contributed by atoms with Crippen molar-refractivity contribution in [3.8, 4) is 5.75 Å². The molecular formula is C21H20N4O2. The zero-order chi connectivity index (χ0) is 18.6. The molecule has 27 heavy (non-hydrogen) atoms. The molecule has 4 rings (SSSR count). The first-order valence-corrected chi connectivity index (χ1v) is 8.71. The molecule has 0 radical (unpaired) electrons. The largest absolute Gasteiger partial charge is 0.497 e. The van der Waals surface area contributed by atoms with Crippen molar-refractivity contribution in [2.45, 2.75) is 13.1 Å². The zero-order valence-electron chi connectivity index (χ0n) is 15.0. The van der Waals surface area contributed by atoms with Gasteiger partial charge < -0.3 is 15.0 Å². The Balaban J connectivity index is 1.43. The molecule has 0 bridgehead atoms. The first-order chi connectivity index (χ1) is 13.2. The summed E-state index contributed by atoms with van der Waals surface area (Å²) in [4.78, 5) is 15.8. The van der Waals surface area contributed by atoms with Gasteiger partial charge in [0.25, 0.3) is 5.91 Å². The summed E-state index contributed by atoms with van der Waals surface area (Å²) in [5, 5.41) is 8.22. The standard InChI is InChI=1S/C21H20N4O2/c1-27-19-6-7-20-17(12-19)11-18(24-20)13-22-21(26)16-5-2-4-15(10-16)14-25-9-3-8-23-25/h2-12,24H,13-14H2,1H3,(H,22,26). The Morgan fingerprint density at radius 3 is 2.93 bits per heavy atom. The molecule has 1 amide bonds. The lowest BCUT2D eigenvalue weighted by Gasteiger charge is -2.07. The van der Waals surface area contributed by atoms with Gasteiger partial charge in [0, 0.05) is 34.6 Å². The summed E-state index contributed by atoms with van der Waals surface area (Å²) in [6.45, 7) is 1.07. The molecule has 0 saturated heterocycles. The third-order valence-corrected chi connectivity index (χ3v) is 4.42. The van der Waals surface area contributed by atoms with Gasteiger partial charge in [0.1, 0.15) is 5.75 Å². The molecule has 0 aliphatic carbocycles. The molecule has 2 N–H and O–H groups in total. The van der Waals surface area contributed by atoms with Crippen LogP contribution in [0.3, 0.4) is 0 Å². The van der Waals surface area contributed by atoms with E-state index in [-0.39, 0.29) is 5.91 Å². The number of aromatic amines is 1. The summed E-state index contributed by atoms with van der Waals surface area (Å²) in [6.07, 6.45) is 3.64. The van der Waals surface area contributed by atoms with Crippen LogP contribution in [0.25, 0.3) is 10.9 Å². The summed E-state index contributed by atoms with van der Waals surface area (Å²) in [5.74, 6) is 0.708. The van der Waals surface area contributed by atoms with E-state index in [1.807, 2.05) is 65.5 Å². The maximum absolute atomic E-state index is 12.5. The Morgan fingerprint density at radius 2 is 2.11 bits per heavy atom. The molecule has 6 nitrogen and oxygen atoms in total. The summed E-state index contributed by atoms with van der Waals surface area (Å²) in [5.41, 5.74) is 3.63. The molecule has 4 aromatic rings. The van der Waals surface area contributed by atoms with Crippen molar-refractivity contribution in [1.82, 2.24) is 20.1 Å². The highest BCUT2D eigenvalue weighted by molar-refractivity contribution is 5.94. The highest BCUT2D eigenvalue weighted by Crippen LogP contribution is 2.21. The van der Waals surface area contributed by atoms with E-state index in [1.165, 1.54) is 0 Å². The number of carbonyl (C=O) groups excluding carboxylic acids is 1. The lowest BCUT2D eigenvalue weighted by Crippen LogP contribution is -2.23. The van der Waals surface area contributed by atoms with Gasteiger partial charge in [-0.05, 0) is 48.0 Å². The second-order valence-electron chi connectivity index (χ2n) is 6.33. The molecule has 0 aliphatic heterocycles. The number of benzene rings is 2. The van der Waals surface area contributed by atoms with Gasteiger partial charge in [-0.1, -0.05) is 12.1 Å². The van der Waals surface area contributed by atoms with E-state index >= 15 is 0 Å². The Kier molecular flexibility index (Phi) is 4.61. The van der Waals surface area contributed by atoms with Gasteiger partial charge in [-0.25, -0.2) is 0 Å². The van der Waals surface area contributed by atoms with E-state index < -0.39 is 0 Å². The quantitative estimate of drug-likeness (QED) is 0.554. The highest BCUT2D eigenvalue weighted by atomic mass is 16.5. The topological polar surface area (TPSA) is 71.9 Å². The number of rotatable bonds is 6. The van der Waals surface area contributed by atoms with Gasteiger partial charge in [-0.15, -0.1) is 0 Å². The number of amides is 1. The van der Waals surface area contributed by atoms with Crippen molar-refractivity contribution in [2.24, 2.45) is 0 Å². The highest BCUT2D eigenvalue weighted by Gasteiger charge is 2.08. The molecule has 0 atom stereocenters. The minimum absolute atomic E-state index is 0.103. The first-order valence-electron chi connectivity index (χ1n) is 8.71. The monoisotopic (exact) mass is 360 g/mol. The third-order valence-electron chi connectivity index (χ3n) is 4.42. The minimum Gasteiger partial charge on any atom is -0.497 e.